The zero-order valence-electron chi connectivity index (χ0n) is 11.4. The van der Waals surface area contributed by atoms with Crippen LogP contribution < -0.4 is 15.4 Å². The third-order valence-corrected chi connectivity index (χ3v) is 3.41. The Bertz CT molecular complexity index is 397. The number of rotatable bonds is 5. The van der Waals surface area contributed by atoms with Crippen LogP contribution in [0.25, 0.3) is 0 Å². The summed E-state index contributed by atoms with van der Waals surface area (Å²) in [5.41, 5.74) is 1.10. The lowest BCUT2D eigenvalue weighted by Crippen LogP contribution is -2.37. The second-order valence-electron chi connectivity index (χ2n) is 4.82. The van der Waals surface area contributed by atoms with Gasteiger partial charge in [0.1, 0.15) is 5.75 Å². The summed E-state index contributed by atoms with van der Waals surface area (Å²) in [6.07, 6.45) is 1.88. The molecule has 1 aromatic carbocycles. The quantitative estimate of drug-likeness (QED) is 0.849. The highest BCUT2D eigenvalue weighted by atomic mass is 16.5. The summed E-state index contributed by atoms with van der Waals surface area (Å²) in [6, 6.07) is 7.87. The third kappa shape index (κ3) is 4.24. The monoisotopic (exact) mass is 262 g/mol. The summed E-state index contributed by atoms with van der Waals surface area (Å²) < 4.78 is 5.39. The fourth-order valence-electron chi connectivity index (χ4n) is 2.29. The summed E-state index contributed by atoms with van der Waals surface area (Å²) in [5, 5.41) is 6.28. The molecule has 4 nitrogen and oxygen atoms in total. The Hall–Kier alpha value is -1.55. The van der Waals surface area contributed by atoms with Gasteiger partial charge in [0.05, 0.1) is 6.61 Å². The molecule has 0 atom stereocenters. The number of piperidine rings is 1. The zero-order chi connectivity index (χ0) is 13.5. The summed E-state index contributed by atoms with van der Waals surface area (Å²) in [5.74, 6) is 1.22. The zero-order valence-corrected chi connectivity index (χ0v) is 11.4. The summed E-state index contributed by atoms with van der Waals surface area (Å²) in [4.78, 5) is 12.0. The largest absolute Gasteiger partial charge is 0.494 e. The number of amides is 1. The molecular weight excluding hydrogens is 240 g/mol. The Balaban J connectivity index is 1.79. The van der Waals surface area contributed by atoms with Crippen LogP contribution in [0.4, 0.5) is 0 Å². The van der Waals surface area contributed by atoms with Gasteiger partial charge in [-0.3, -0.25) is 4.79 Å². The van der Waals surface area contributed by atoms with Crippen LogP contribution in [-0.2, 0) is 11.3 Å². The first-order valence-corrected chi connectivity index (χ1v) is 6.99. The fourth-order valence-corrected chi connectivity index (χ4v) is 2.29. The minimum Gasteiger partial charge on any atom is -0.494 e. The number of ether oxygens (including phenoxy) is 1. The van der Waals surface area contributed by atoms with E-state index in [1.165, 1.54) is 0 Å². The van der Waals surface area contributed by atoms with E-state index in [0.29, 0.717) is 13.2 Å². The summed E-state index contributed by atoms with van der Waals surface area (Å²) in [7, 11) is 0. The topological polar surface area (TPSA) is 50.4 Å². The molecule has 1 saturated heterocycles. The molecule has 0 unspecified atom stereocenters. The van der Waals surface area contributed by atoms with Crippen LogP contribution in [0.3, 0.4) is 0 Å². The summed E-state index contributed by atoms with van der Waals surface area (Å²) >= 11 is 0. The van der Waals surface area contributed by atoms with E-state index in [0.717, 1.165) is 37.2 Å². The number of hydrogen-bond donors (Lipinski definition) is 2. The van der Waals surface area contributed by atoms with Crippen LogP contribution in [-0.4, -0.2) is 25.6 Å². The van der Waals surface area contributed by atoms with Crippen molar-refractivity contribution in [2.24, 2.45) is 5.92 Å². The maximum absolute atomic E-state index is 12.0. The highest BCUT2D eigenvalue weighted by molar-refractivity contribution is 5.78. The molecule has 0 radical (unpaired) electrons. The lowest BCUT2D eigenvalue weighted by Gasteiger charge is -2.21. The van der Waals surface area contributed by atoms with Gasteiger partial charge in [0.2, 0.25) is 5.91 Å². The van der Waals surface area contributed by atoms with Crippen molar-refractivity contribution in [3.63, 3.8) is 0 Å². The molecule has 1 amide bonds. The first-order chi connectivity index (χ1) is 9.29. The molecule has 1 aliphatic rings. The van der Waals surface area contributed by atoms with Crippen LogP contribution in [0.2, 0.25) is 0 Å². The second-order valence-corrected chi connectivity index (χ2v) is 4.82. The van der Waals surface area contributed by atoms with Crippen LogP contribution in [0.15, 0.2) is 24.3 Å². The first-order valence-electron chi connectivity index (χ1n) is 6.99. The van der Waals surface area contributed by atoms with Gasteiger partial charge in [-0.2, -0.15) is 0 Å². The highest BCUT2D eigenvalue weighted by Gasteiger charge is 2.20. The van der Waals surface area contributed by atoms with Gasteiger partial charge in [-0.25, -0.2) is 0 Å². The van der Waals surface area contributed by atoms with E-state index in [1.807, 2.05) is 31.2 Å². The highest BCUT2D eigenvalue weighted by Crippen LogP contribution is 2.14. The van der Waals surface area contributed by atoms with E-state index in [4.69, 9.17) is 4.74 Å². The molecule has 1 fully saturated rings. The Labute approximate surface area is 114 Å². The number of benzene rings is 1. The molecule has 2 N–H and O–H groups in total. The number of hydrogen-bond acceptors (Lipinski definition) is 3. The van der Waals surface area contributed by atoms with Gasteiger partial charge < -0.3 is 15.4 Å². The molecule has 0 bridgehead atoms. The van der Waals surface area contributed by atoms with Crippen molar-refractivity contribution >= 4 is 5.91 Å². The van der Waals surface area contributed by atoms with E-state index in [9.17, 15) is 4.79 Å². The van der Waals surface area contributed by atoms with Crippen molar-refractivity contribution in [3.8, 4) is 5.75 Å². The van der Waals surface area contributed by atoms with E-state index >= 15 is 0 Å². The van der Waals surface area contributed by atoms with E-state index in [1.54, 1.807) is 0 Å². The Kier molecular flexibility index (Phi) is 5.21. The number of carbonyl (C=O) groups is 1. The van der Waals surface area contributed by atoms with Gasteiger partial charge in [-0.05, 0) is 50.6 Å². The molecule has 0 saturated carbocycles. The number of nitrogens with one attached hydrogen (secondary N) is 2. The average Bonchev–Trinajstić information content (AvgIpc) is 2.47. The van der Waals surface area contributed by atoms with E-state index in [2.05, 4.69) is 10.6 Å². The van der Waals surface area contributed by atoms with Gasteiger partial charge in [-0.15, -0.1) is 0 Å². The van der Waals surface area contributed by atoms with Crippen LogP contribution in [0.5, 0.6) is 5.75 Å². The van der Waals surface area contributed by atoms with Gasteiger partial charge in [0, 0.05) is 12.5 Å². The minimum absolute atomic E-state index is 0.170. The Morgan fingerprint density at radius 2 is 2.00 bits per heavy atom. The predicted molar refractivity (Wildman–Crippen MR) is 75.1 cm³/mol. The van der Waals surface area contributed by atoms with Gasteiger partial charge in [0.15, 0.2) is 0 Å². The fraction of sp³-hybridized carbons (Fsp3) is 0.533. The molecule has 104 valence electrons. The molecule has 2 rings (SSSR count). The average molecular weight is 262 g/mol. The van der Waals surface area contributed by atoms with Crippen molar-refractivity contribution in [2.75, 3.05) is 19.7 Å². The molecular formula is C15H22N2O2. The molecule has 1 aliphatic heterocycles. The van der Waals surface area contributed by atoms with Crippen molar-refractivity contribution in [1.82, 2.24) is 10.6 Å². The maximum atomic E-state index is 12.0. The lowest BCUT2D eigenvalue weighted by atomic mass is 9.97. The van der Waals surface area contributed by atoms with Gasteiger partial charge >= 0.3 is 0 Å². The summed E-state index contributed by atoms with van der Waals surface area (Å²) in [6.45, 7) is 5.12. The standard InChI is InChI=1S/C15H22N2O2/c1-2-19-14-5-3-12(4-6-14)11-17-15(18)13-7-9-16-10-8-13/h3-6,13,16H,2,7-11H2,1H3,(H,17,18). The van der Waals surface area contributed by atoms with E-state index in [-0.39, 0.29) is 11.8 Å². The third-order valence-electron chi connectivity index (χ3n) is 3.41. The maximum Gasteiger partial charge on any atom is 0.223 e. The van der Waals surface area contributed by atoms with Crippen LogP contribution in [0.1, 0.15) is 25.3 Å². The molecule has 0 aromatic heterocycles. The Morgan fingerprint density at radius 3 is 2.63 bits per heavy atom. The van der Waals surface area contributed by atoms with Crippen LogP contribution in [0, 0.1) is 5.92 Å². The van der Waals surface area contributed by atoms with Crippen molar-refractivity contribution in [2.45, 2.75) is 26.3 Å². The number of carbonyl (C=O) groups excluding carboxylic acids is 1. The SMILES string of the molecule is CCOc1ccc(CNC(=O)C2CCNCC2)cc1. The van der Waals surface area contributed by atoms with Crippen molar-refractivity contribution in [3.05, 3.63) is 29.8 Å². The van der Waals surface area contributed by atoms with Gasteiger partial charge in [-0.1, -0.05) is 12.1 Å². The molecule has 19 heavy (non-hydrogen) atoms. The van der Waals surface area contributed by atoms with E-state index < -0.39 is 0 Å². The lowest BCUT2D eigenvalue weighted by molar-refractivity contribution is -0.125. The van der Waals surface area contributed by atoms with Crippen molar-refractivity contribution in [1.29, 1.82) is 0 Å². The predicted octanol–water partition coefficient (Wildman–Crippen LogP) is 1.70. The molecule has 1 aromatic rings. The molecule has 4 heteroatoms. The van der Waals surface area contributed by atoms with Crippen molar-refractivity contribution < 1.29 is 9.53 Å². The van der Waals surface area contributed by atoms with Crippen LogP contribution >= 0.6 is 0 Å². The second kappa shape index (κ2) is 7.14. The van der Waals surface area contributed by atoms with Gasteiger partial charge in [0.25, 0.3) is 0 Å². The molecule has 0 aliphatic carbocycles. The molecule has 0 spiro atoms. The Morgan fingerprint density at radius 1 is 1.32 bits per heavy atom. The smallest absolute Gasteiger partial charge is 0.223 e. The first kappa shape index (κ1) is 13.9. The normalized spacial score (nSPS) is 16.1. The molecule has 1 heterocycles. The minimum atomic E-state index is 0.170.